The van der Waals surface area contributed by atoms with E-state index in [0.29, 0.717) is 36.8 Å². The molecule has 150 valence electrons. The van der Waals surface area contributed by atoms with E-state index >= 15 is 0 Å². The first-order valence-corrected chi connectivity index (χ1v) is 10.5. The molecule has 8 heteroatoms. The Bertz CT molecular complexity index is 1050. The summed E-state index contributed by atoms with van der Waals surface area (Å²) in [4.78, 5) is 33.5. The fourth-order valence-electron chi connectivity index (χ4n) is 3.64. The summed E-state index contributed by atoms with van der Waals surface area (Å²) in [5.41, 5.74) is 4.05. The second kappa shape index (κ2) is 8.49. The van der Waals surface area contributed by atoms with Gasteiger partial charge in [0.15, 0.2) is 0 Å². The summed E-state index contributed by atoms with van der Waals surface area (Å²) < 4.78 is 6.03. The van der Waals surface area contributed by atoms with Gasteiger partial charge in [0.1, 0.15) is 6.04 Å². The third kappa shape index (κ3) is 3.99. The molecular weight excluding hydrogens is 410 g/mol. The van der Waals surface area contributed by atoms with Crippen LogP contribution in [0.1, 0.15) is 22.0 Å². The molecule has 2 heterocycles. The van der Waals surface area contributed by atoms with Crippen LogP contribution in [0, 0.1) is 0 Å². The van der Waals surface area contributed by atoms with Crippen LogP contribution < -0.4 is 0 Å². The standard InChI is InChI=1S/C21H20ClN3O3S/c1-28-21(27)19(15-4-2-3-5-16(15)22)24-8-10-25(11-9-24)20(26)14-6-7-17-18(12-14)29-13-23-17/h2-7,12-13,19H,8-11H2,1H3/t19-/m1/s1. The molecule has 29 heavy (non-hydrogen) atoms. The second-order valence-electron chi connectivity index (χ2n) is 6.81. The van der Waals surface area contributed by atoms with E-state index in [1.54, 1.807) is 11.6 Å². The van der Waals surface area contributed by atoms with Crippen LogP contribution in [0.4, 0.5) is 0 Å². The maximum atomic E-state index is 12.9. The third-order valence-corrected chi connectivity index (χ3v) is 6.31. The molecule has 0 saturated carbocycles. The van der Waals surface area contributed by atoms with Crippen LogP contribution in [0.5, 0.6) is 0 Å². The van der Waals surface area contributed by atoms with Gasteiger partial charge < -0.3 is 9.64 Å². The zero-order valence-electron chi connectivity index (χ0n) is 15.9. The van der Waals surface area contributed by atoms with Crippen molar-refractivity contribution in [1.82, 2.24) is 14.8 Å². The minimum atomic E-state index is -0.584. The number of esters is 1. The molecule has 1 aliphatic rings. The topological polar surface area (TPSA) is 62.7 Å². The van der Waals surface area contributed by atoms with Crippen LogP contribution in [-0.4, -0.2) is 59.9 Å². The SMILES string of the molecule is COC(=O)[C@@H](c1ccccc1Cl)N1CCN(C(=O)c2ccc3ncsc3c2)CC1. The highest BCUT2D eigenvalue weighted by molar-refractivity contribution is 7.16. The van der Waals surface area contributed by atoms with Crippen molar-refractivity contribution in [1.29, 1.82) is 0 Å². The van der Waals surface area contributed by atoms with Gasteiger partial charge in [-0.1, -0.05) is 29.8 Å². The van der Waals surface area contributed by atoms with Gasteiger partial charge in [0.2, 0.25) is 0 Å². The van der Waals surface area contributed by atoms with Gasteiger partial charge in [-0.3, -0.25) is 9.69 Å². The number of aromatic nitrogens is 1. The maximum absolute atomic E-state index is 12.9. The number of amides is 1. The summed E-state index contributed by atoms with van der Waals surface area (Å²) in [6.45, 7) is 2.16. The Kier molecular flexibility index (Phi) is 5.80. The summed E-state index contributed by atoms with van der Waals surface area (Å²) in [5.74, 6) is -0.360. The number of halogens is 1. The van der Waals surface area contributed by atoms with Crippen LogP contribution in [0.25, 0.3) is 10.2 Å². The van der Waals surface area contributed by atoms with Crippen molar-refractivity contribution in [3.05, 3.63) is 64.1 Å². The highest BCUT2D eigenvalue weighted by Crippen LogP contribution is 2.30. The minimum absolute atomic E-state index is 0.00712. The van der Waals surface area contributed by atoms with Crippen molar-refractivity contribution < 1.29 is 14.3 Å². The number of hydrogen-bond acceptors (Lipinski definition) is 6. The number of methoxy groups -OCH3 is 1. The van der Waals surface area contributed by atoms with E-state index in [2.05, 4.69) is 4.98 Å². The van der Waals surface area contributed by atoms with Gasteiger partial charge in [0.05, 0.1) is 22.8 Å². The zero-order chi connectivity index (χ0) is 20.4. The van der Waals surface area contributed by atoms with Crippen LogP contribution in [-0.2, 0) is 9.53 Å². The average molecular weight is 430 g/mol. The molecule has 0 bridgehead atoms. The molecule has 2 aromatic carbocycles. The molecule has 1 aliphatic heterocycles. The van der Waals surface area contributed by atoms with Crippen LogP contribution in [0.2, 0.25) is 5.02 Å². The summed E-state index contributed by atoms with van der Waals surface area (Å²) in [6, 6.07) is 12.3. The fraction of sp³-hybridized carbons (Fsp3) is 0.286. The average Bonchev–Trinajstić information content (AvgIpc) is 3.23. The predicted octanol–water partition coefficient (Wildman–Crippen LogP) is 3.62. The molecule has 3 aromatic rings. The van der Waals surface area contributed by atoms with Crippen molar-refractivity contribution in [3.63, 3.8) is 0 Å². The Labute approximate surface area is 177 Å². The van der Waals surface area contributed by atoms with E-state index in [9.17, 15) is 9.59 Å². The Morgan fingerprint density at radius 1 is 1.14 bits per heavy atom. The molecule has 4 rings (SSSR count). The summed E-state index contributed by atoms with van der Waals surface area (Å²) in [7, 11) is 1.38. The molecule has 0 spiro atoms. The van der Waals surface area contributed by atoms with E-state index in [1.165, 1.54) is 18.4 Å². The fourth-order valence-corrected chi connectivity index (χ4v) is 4.59. The van der Waals surface area contributed by atoms with Crippen molar-refractivity contribution >= 4 is 45.0 Å². The van der Waals surface area contributed by atoms with Gasteiger partial charge in [0, 0.05) is 36.8 Å². The van der Waals surface area contributed by atoms with Gasteiger partial charge in [-0.15, -0.1) is 11.3 Å². The molecule has 0 aliphatic carbocycles. The lowest BCUT2D eigenvalue weighted by molar-refractivity contribution is -0.148. The molecule has 1 amide bonds. The number of nitrogens with zero attached hydrogens (tertiary/aromatic N) is 3. The number of fused-ring (bicyclic) bond motifs is 1. The molecule has 1 fully saturated rings. The first kappa shape index (κ1) is 19.8. The zero-order valence-corrected chi connectivity index (χ0v) is 17.4. The second-order valence-corrected chi connectivity index (χ2v) is 8.10. The highest BCUT2D eigenvalue weighted by atomic mass is 35.5. The number of carbonyl (C=O) groups is 2. The van der Waals surface area contributed by atoms with Crippen LogP contribution >= 0.6 is 22.9 Å². The number of benzene rings is 2. The van der Waals surface area contributed by atoms with Crippen molar-refractivity contribution in [2.24, 2.45) is 0 Å². The third-order valence-electron chi connectivity index (χ3n) is 5.17. The number of thiazole rings is 1. The number of hydrogen-bond donors (Lipinski definition) is 0. The van der Waals surface area contributed by atoms with Crippen molar-refractivity contribution in [3.8, 4) is 0 Å². The quantitative estimate of drug-likeness (QED) is 0.593. The van der Waals surface area contributed by atoms with Crippen molar-refractivity contribution in [2.75, 3.05) is 33.3 Å². The van der Waals surface area contributed by atoms with E-state index in [1.807, 2.05) is 46.2 Å². The molecule has 1 aromatic heterocycles. The predicted molar refractivity (Wildman–Crippen MR) is 113 cm³/mol. The van der Waals surface area contributed by atoms with Crippen molar-refractivity contribution in [2.45, 2.75) is 6.04 Å². The lowest BCUT2D eigenvalue weighted by Gasteiger charge is -2.38. The Hall–Kier alpha value is -2.48. The molecule has 0 radical (unpaired) electrons. The normalized spacial score (nSPS) is 16.0. The largest absolute Gasteiger partial charge is 0.468 e. The number of ether oxygens (including phenoxy) is 1. The van der Waals surface area contributed by atoms with E-state index in [-0.39, 0.29) is 11.9 Å². The van der Waals surface area contributed by atoms with Gasteiger partial charge in [0.25, 0.3) is 5.91 Å². The summed E-state index contributed by atoms with van der Waals surface area (Å²) in [6.07, 6.45) is 0. The molecule has 6 nitrogen and oxygen atoms in total. The Morgan fingerprint density at radius 2 is 1.90 bits per heavy atom. The van der Waals surface area contributed by atoms with E-state index < -0.39 is 6.04 Å². The van der Waals surface area contributed by atoms with E-state index in [0.717, 1.165) is 15.8 Å². The molecule has 1 atom stereocenters. The Balaban J connectivity index is 1.49. The van der Waals surface area contributed by atoms with Gasteiger partial charge in [-0.05, 0) is 29.8 Å². The molecule has 0 N–H and O–H groups in total. The van der Waals surface area contributed by atoms with Gasteiger partial charge >= 0.3 is 5.97 Å². The minimum Gasteiger partial charge on any atom is -0.468 e. The van der Waals surface area contributed by atoms with Crippen LogP contribution in [0.3, 0.4) is 0 Å². The molecule has 1 saturated heterocycles. The van der Waals surface area contributed by atoms with Gasteiger partial charge in [-0.25, -0.2) is 9.78 Å². The van der Waals surface area contributed by atoms with E-state index in [4.69, 9.17) is 16.3 Å². The maximum Gasteiger partial charge on any atom is 0.327 e. The highest BCUT2D eigenvalue weighted by Gasteiger charge is 2.33. The smallest absolute Gasteiger partial charge is 0.327 e. The first-order chi connectivity index (χ1) is 14.1. The molecular formula is C21H20ClN3O3S. The summed E-state index contributed by atoms with van der Waals surface area (Å²) >= 11 is 7.85. The number of piperazine rings is 1. The molecule has 0 unspecified atom stereocenters. The first-order valence-electron chi connectivity index (χ1n) is 9.27. The lowest BCUT2D eigenvalue weighted by Crippen LogP contribution is -2.51. The monoisotopic (exact) mass is 429 g/mol. The number of rotatable bonds is 4. The lowest BCUT2D eigenvalue weighted by atomic mass is 10.0. The summed E-state index contributed by atoms with van der Waals surface area (Å²) in [5, 5.41) is 0.527. The number of carbonyl (C=O) groups excluding carboxylic acids is 2. The van der Waals surface area contributed by atoms with Gasteiger partial charge in [-0.2, -0.15) is 0 Å². The Morgan fingerprint density at radius 3 is 2.62 bits per heavy atom. The van der Waals surface area contributed by atoms with Crippen LogP contribution in [0.15, 0.2) is 48.0 Å².